The molecule has 0 aliphatic heterocycles. The van der Waals surface area contributed by atoms with E-state index in [4.69, 9.17) is 0 Å². The third-order valence-electron chi connectivity index (χ3n) is 2.86. The molecule has 16 heavy (non-hydrogen) atoms. The third-order valence-corrected chi connectivity index (χ3v) is 3.65. The van der Waals surface area contributed by atoms with Crippen LogP contribution in [0.2, 0.25) is 0 Å². The van der Waals surface area contributed by atoms with Gasteiger partial charge in [0, 0.05) is 11.8 Å². The van der Waals surface area contributed by atoms with Gasteiger partial charge in [-0.2, -0.15) is 0 Å². The molecule has 0 saturated heterocycles. The van der Waals surface area contributed by atoms with Crippen molar-refractivity contribution in [1.82, 2.24) is 5.32 Å². The second-order valence-electron chi connectivity index (χ2n) is 4.26. The van der Waals surface area contributed by atoms with Crippen LogP contribution in [0.3, 0.4) is 0 Å². The topological polar surface area (TPSA) is 69.2 Å². The van der Waals surface area contributed by atoms with Gasteiger partial charge < -0.3 is 9.87 Å². The quantitative estimate of drug-likeness (QED) is 0.348. The summed E-state index contributed by atoms with van der Waals surface area (Å²) in [7, 11) is -4.01. The number of hydrogen-bond acceptors (Lipinski definition) is 4. The molecule has 90 valence electrons. The average molecular weight is 257 g/mol. The first-order valence-corrected chi connectivity index (χ1v) is 7.32. The van der Waals surface area contributed by atoms with Crippen LogP contribution < -0.4 is 34.9 Å². The fraction of sp³-hybridized carbons (Fsp3) is 1.00. The summed E-state index contributed by atoms with van der Waals surface area (Å²) in [6.45, 7) is 0.834. The molecule has 0 atom stereocenters. The summed E-state index contributed by atoms with van der Waals surface area (Å²) in [5, 5.41) is 3.41. The maximum atomic E-state index is 10.3. The first kappa shape index (κ1) is 16.9. The zero-order valence-electron chi connectivity index (χ0n) is 10.1. The maximum absolute atomic E-state index is 10.3. The second-order valence-corrected chi connectivity index (χ2v) is 5.78. The molecule has 1 N–H and O–H groups in total. The Morgan fingerprint density at radius 1 is 1.12 bits per heavy atom. The van der Waals surface area contributed by atoms with Gasteiger partial charge in [0.1, 0.15) is 0 Å². The first-order chi connectivity index (χ1) is 7.08. The molecule has 0 heterocycles. The third kappa shape index (κ3) is 8.96. The van der Waals surface area contributed by atoms with Crippen molar-refractivity contribution in [3.05, 3.63) is 0 Å². The Kier molecular flexibility index (Phi) is 9.37. The van der Waals surface area contributed by atoms with Crippen LogP contribution in [0.4, 0.5) is 0 Å². The van der Waals surface area contributed by atoms with Crippen molar-refractivity contribution in [1.29, 1.82) is 0 Å². The minimum absolute atomic E-state index is 0. The van der Waals surface area contributed by atoms with Gasteiger partial charge >= 0.3 is 29.6 Å². The van der Waals surface area contributed by atoms with E-state index in [-0.39, 0.29) is 35.3 Å². The van der Waals surface area contributed by atoms with E-state index in [1.54, 1.807) is 0 Å². The molecule has 0 amide bonds. The van der Waals surface area contributed by atoms with E-state index < -0.39 is 10.1 Å². The standard InChI is InChI=1S/C10H21NO3S.Na/c12-15(13,14)9-5-4-8-11-10-6-2-1-3-7-10;/h10-11H,1-9H2,(H,12,13,14);/q;+1/p-1. The Bertz CT molecular complexity index is 263. The minimum atomic E-state index is -4.01. The Hall–Kier alpha value is 0.870. The van der Waals surface area contributed by atoms with Crippen molar-refractivity contribution < 1.29 is 42.5 Å². The SMILES string of the molecule is O=S(=O)([O-])CCCCNC1CCCCC1.[Na+]. The zero-order chi connectivity index (χ0) is 11.1. The largest absolute Gasteiger partial charge is 1.00 e. The van der Waals surface area contributed by atoms with Crippen molar-refractivity contribution in [2.24, 2.45) is 0 Å². The van der Waals surface area contributed by atoms with Crippen LogP contribution in [0.5, 0.6) is 0 Å². The van der Waals surface area contributed by atoms with Crippen LogP contribution in [0.1, 0.15) is 44.9 Å². The molecule has 1 fully saturated rings. The summed E-state index contributed by atoms with van der Waals surface area (Å²) in [5.41, 5.74) is 0. The number of nitrogens with one attached hydrogen (secondary N) is 1. The molecule has 1 saturated carbocycles. The summed E-state index contributed by atoms with van der Waals surface area (Å²) < 4.78 is 31.0. The minimum Gasteiger partial charge on any atom is -0.748 e. The van der Waals surface area contributed by atoms with Gasteiger partial charge in [-0.25, -0.2) is 8.42 Å². The van der Waals surface area contributed by atoms with Crippen molar-refractivity contribution in [2.75, 3.05) is 12.3 Å². The molecule has 0 aromatic carbocycles. The van der Waals surface area contributed by atoms with Crippen molar-refractivity contribution in [3.8, 4) is 0 Å². The van der Waals surface area contributed by atoms with Gasteiger partial charge in [-0.05, 0) is 32.2 Å². The van der Waals surface area contributed by atoms with Gasteiger partial charge in [-0.3, -0.25) is 0 Å². The Morgan fingerprint density at radius 3 is 2.31 bits per heavy atom. The molecule has 0 aromatic rings. The van der Waals surface area contributed by atoms with Crippen LogP contribution in [-0.4, -0.2) is 31.3 Å². The number of rotatable bonds is 6. The van der Waals surface area contributed by atoms with E-state index in [0.29, 0.717) is 12.5 Å². The molecule has 6 heteroatoms. The summed E-state index contributed by atoms with van der Waals surface area (Å²) in [6.07, 6.45) is 7.66. The van der Waals surface area contributed by atoms with Crippen LogP contribution in [0.15, 0.2) is 0 Å². The molecular weight excluding hydrogens is 237 g/mol. The molecule has 0 radical (unpaired) electrons. The number of hydrogen-bond donors (Lipinski definition) is 1. The summed E-state index contributed by atoms with van der Waals surface area (Å²) in [5.74, 6) is -0.223. The van der Waals surface area contributed by atoms with E-state index in [1.165, 1.54) is 32.1 Å². The first-order valence-electron chi connectivity index (χ1n) is 5.75. The van der Waals surface area contributed by atoms with Crippen LogP contribution in [0, 0.1) is 0 Å². The van der Waals surface area contributed by atoms with Gasteiger partial charge in [-0.15, -0.1) is 0 Å². The van der Waals surface area contributed by atoms with Gasteiger partial charge in [-0.1, -0.05) is 19.3 Å². The van der Waals surface area contributed by atoms with Crippen LogP contribution in [0.25, 0.3) is 0 Å². The van der Waals surface area contributed by atoms with Gasteiger partial charge in [0.05, 0.1) is 10.1 Å². The van der Waals surface area contributed by atoms with E-state index in [9.17, 15) is 13.0 Å². The van der Waals surface area contributed by atoms with Gasteiger partial charge in [0.2, 0.25) is 0 Å². The van der Waals surface area contributed by atoms with Crippen molar-refractivity contribution >= 4 is 10.1 Å². The molecule has 1 rings (SSSR count). The molecule has 0 bridgehead atoms. The molecule has 0 unspecified atom stereocenters. The predicted octanol–water partition coefficient (Wildman–Crippen LogP) is -1.76. The molecular formula is C10H20NNaO3S. The normalized spacial score (nSPS) is 18.1. The second kappa shape index (κ2) is 8.89. The van der Waals surface area contributed by atoms with E-state index in [1.807, 2.05) is 0 Å². The Morgan fingerprint density at radius 2 is 1.75 bits per heavy atom. The van der Waals surface area contributed by atoms with Crippen LogP contribution in [-0.2, 0) is 10.1 Å². The summed E-state index contributed by atoms with van der Waals surface area (Å²) >= 11 is 0. The molecule has 1 aliphatic rings. The molecule has 4 nitrogen and oxygen atoms in total. The summed E-state index contributed by atoms with van der Waals surface area (Å²) in [4.78, 5) is 0. The van der Waals surface area contributed by atoms with Crippen molar-refractivity contribution in [2.45, 2.75) is 51.0 Å². The molecule has 0 spiro atoms. The monoisotopic (exact) mass is 257 g/mol. The van der Waals surface area contributed by atoms with Gasteiger partial charge in [0.25, 0.3) is 0 Å². The fourth-order valence-corrected chi connectivity index (χ4v) is 2.57. The van der Waals surface area contributed by atoms with E-state index in [0.717, 1.165) is 13.0 Å². The van der Waals surface area contributed by atoms with E-state index in [2.05, 4.69) is 5.32 Å². The molecule has 0 aromatic heterocycles. The number of unbranched alkanes of at least 4 members (excludes halogenated alkanes) is 1. The Balaban J connectivity index is 0.00000225. The van der Waals surface area contributed by atoms with E-state index >= 15 is 0 Å². The predicted molar refractivity (Wildman–Crippen MR) is 58.7 cm³/mol. The van der Waals surface area contributed by atoms with Crippen molar-refractivity contribution in [3.63, 3.8) is 0 Å². The van der Waals surface area contributed by atoms with Crippen LogP contribution >= 0.6 is 0 Å². The van der Waals surface area contributed by atoms with Gasteiger partial charge in [0.15, 0.2) is 0 Å². The smallest absolute Gasteiger partial charge is 0.748 e. The Labute approximate surface area is 121 Å². The maximum Gasteiger partial charge on any atom is 1.00 e. The zero-order valence-corrected chi connectivity index (χ0v) is 12.9. The fourth-order valence-electron chi connectivity index (χ4n) is 2.02. The average Bonchev–Trinajstić information content (AvgIpc) is 2.17. The molecule has 1 aliphatic carbocycles. The summed E-state index contributed by atoms with van der Waals surface area (Å²) in [6, 6.07) is 0.614.